The van der Waals surface area contributed by atoms with Crippen LogP contribution in [0.4, 0.5) is 4.79 Å². The normalized spacial score (nSPS) is 22.7. The van der Waals surface area contributed by atoms with Crippen LogP contribution in [0.3, 0.4) is 0 Å². The Morgan fingerprint density at radius 2 is 2.16 bits per heavy atom. The van der Waals surface area contributed by atoms with E-state index in [1.54, 1.807) is 4.90 Å². The first-order valence-electron chi connectivity index (χ1n) is 6.53. The topological polar surface area (TPSA) is 110 Å². The molecular formula is C12H22N2O5. The number of carboxylic acids is 1. The van der Waals surface area contributed by atoms with Crippen molar-refractivity contribution in [3.63, 3.8) is 0 Å². The molecule has 0 saturated carbocycles. The maximum absolute atomic E-state index is 11.9. The summed E-state index contributed by atoms with van der Waals surface area (Å²) in [7, 11) is 0. The minimum absolute atomic E-state index is 0.0888. The lowest BCUT2D eigenvalue weighted by molar-refractivity contribution is -0.141. The zero-order valence-corrected chi connectivity index (χ0v) is 11.1. The second-order valence-corrected chi connectivity index (χ2v) is 4.97. The third-order valence-corrected chi connectivity index (χ3v) is 3.37. The van der Waals surface area contributed by atoms with Gasteiger partial charge in [-0.1, -0.05) is 0 Å². The number of rotatable bonds is 5. The van der Waals surface area contributed by atoms with Gasteiger partial charge in [0.25, 0.3) is 0 Å². The molecule has 110 valence electrons. The summed E-state index contributed by atoms with van der Waals surface area (Å²) in [6, 6.07) is -1.78. The van der Waals surface area contributed by atoms with Crippen LogP contribution in [-0.4, -0.2) is 64.1 Å². The van der Waals surface area contributed by atoms with Crippen molar-refractivity contribution in [2.75, 3.05) is 19.7 Å². The summed E-state index contributed by atoms with van der Waals surface area (Å²) in [6.07, 6.45) is 1.29. The number of urea groups is 1. The van der Waals surface area contributed by atoms with E-state index < -0.39 is 24.1 Å². The second kappa shape index (κ2) is 7.30. The van der Waals surface area contributed by atoms with Crippen molar-refractivity contribution in [1.82, 2.24) is 10.2 Å². The van der Waals surface area contributed by atoms with E-state index >= 15 is 0 Å². The fraction of sp³-hybridized carbons (Fsp3) is 0.833. The number of carbonyl (C=O) groups is 2. The lowest BCUT2D eigenvalue weighted by Gasteiger charge is -2.33. The van der Waals surface area contributed by atoms with Crippen LogP contribution in [0.25, 0.3) is 0 Å². The van der Waals surface area contributed by atoms with Gasteiger partial charge < -0.3 is 25.5 Å². The zero-order valence-electron chi connectivity index (χ0n) is 11.1. The zero-order chi connectivity index (χ0) is 14.4. The molecule has 19 heavy (non-hydrogen) atoms. The number of piperidine rings is 1. The fourth-order valence-corrected chi connectivity index (χ4v) is 2.28. The average molecular weight is 274 g/mol. The van der Waals surface area contributed by atoms with Gasteiger partial charge in [-0.3, -0.25) is 0 Å². The van der Waals surface area contributed by atoms with Crippen LogP contribution in [0.5, 0.6) is 0 Å². The smallest absolute Gasteiger partial charge is 0.328 e. The van der Waals surface area contributed by atoms with Gasteiger partial charge in [-0.2, -0.15) is 0 Å². The standard InChI is InChI=1S/C12H22N2O5/c1-8(16)10(11(17)18)13-12(19)14-5-2-3-9(7-14)4-6-15/h8-10,15-16H,2-7H2,1H3,(H,13,19)(H,17,18). The molecule has 0 spiro atoms. The van der Waals surface area contributed by atoms with Crippen LogP contribution >= 0.6 is 0 Å². The largest absolute Gasteiger partial charge is 0.480 e. The Labute approximate surface area is 112 Å². The van der Waals surface area contributed by atoms with Crippen LogP contribution < -0.4 is 5.32 Å². The molecule has 0 bridgehead atoms. The van der Waals surface area contributed by atoms with Gasteiger partial charge in [0.1, 0.15) is 0 Å². The van der Waals surface area contributed by atoms with Crippen LogP contribution in [-0.2, 0) is 4.79 Å². The Balaban J connectivity index is 2.54. The summed E-state index contributed by atoms with van der Waals surface area (Å²) in [5, 5.41) is 29.4. The van der Waals surface area contributed by atoms with Crippen molar-refractivity contribution in [3.8, 4) is 0 Å². The molecule has 4 N–H and O–H groups in total. The third-order valence-electron chi connectivity index (χ3n) is 3.37. The maximum atomic E-state index is 11.9. The number of aliphatic hydroxyl groups excluding tert-OH is 2. The number of nitrogens with one attached hydrogen (secondary N) is 1. The molecule has 1 saturated heterocycles. The molecule has 3 atom stereocenters. The van der Waals surface area contributed by atoms with Crippen molar-refractivity contribution >= 4 is 12.0 Å². The summed E-state index contributed by atoms with van der Waals surface area (Å²) >= 11 is 0. The monoisotopic (exact) mass is 274 g/mol. The Bertz CT molecular complexity index is 319. The van der Waals surface area contributed by atoms with Crippen molar-refractivity contribution < 1.29 is 24.9 Å². The van der Waals surface area contributed by atoms with Crippen molar-refractivity contribution in [1.29, 1.82) is 0 Å². The first-order valence-corrected chi connectivity index (χ1v) is 6.53. The summed E-state index contributed by atoms with van der Waals surface area (Å²) in [5.74, 6) is -1.01. The van der Waals surface area contributed by atoms with Crippen molar-refractivity contribution in [2.45, 2.75) is 38.3 Å². The number of likely N-dealkylation sites (tertiary alicyclic amines) is 1. The predicted molar refractivity (Wildman–Crippen MR) is 67.6 cm³/mol. The van der Waals surface area contributed by atoms with E-state index in [2.05, 4.69) is 5.32 Å². The third kappa shape index (κ3) is 4.68. The molecule has 3 unspecified atom stereocenters. The number of hydrogen-bond acceptors (Lipinski definition) is 4. The Kier molecular flexibility index (Phi) is 6.04. The number of carbonyl (C=O) groups excluding carboxylic acids is 1. The molecule has 0 aliphatic carbocycles. The quantitative estimate of drug-likeness (QED) is 0.546. The fourth-order valence-electron chi connectivity index (χ4n) is 2.28. The number of amides is 2. The first kappa shape index (κ1) is 15.7. The van der Waals surface area contributed by atoms with Crippen LogP contribution in [0, 0.1) is 5.92 Å². The van der Waals surface area contributed by atoms with Crippen LogP contribution in [0.1, 0.15) is 26.2 Å². The lowest BCUT2D eigenvalue weighted by atomic mass is 9.95. The molecule has 0 aromatic carbocycles. The van der Waals surface area contributed by atoms with Gasteiger partial charge in [0, 0.05) is 19.7 Å². The van der Waals surface area contributed by atoms with Gasteiger partial charge in [0.05, 0.1) is 6.10 Å². The molecule has 1 heterocycles. The average Bonchev–Trinajstić information content (AvgIpc) is 2.35. The summed E-state index contributed by atoms with van der Waals surface area (Å²) < 4.78 is 0. The number of nitrogens with zero attached hydrogens (tertiary/aromatic N) is 1. The molecule has 0 radical (unpaired) electrons. The van der Waals surface area contributed by atoms with E-state index in [0.717, 1.165) is 12.8 Å². The SMILES string of the molecule is CC(O)C(NC(=O)N1CCCC(CCO)C1)C(=O)O. The van der Waals surface area contributed by atoms with Gasteiger partial charge in [-0.25, -0.2) is 9.59 Å². The van der Waals surface area contributed by atoms with Crippen molar-refractivity contribution in [3.05, 3.63) is 0 Å². The Morgan fingerprint density at radius 3 is 2.68 bits per heavy atom. The van der Waals surface area contributed by atoms with E-state index in [0.29, 0.717) is 19.5 Å². The maximum Gasteiger partial charge on any atom is 0.328 e. The lowest BCUT2D eigenvalue weighted by Crippen LogP contribution is -2.54. The van der Waals surface area contributed by atoms with E-state index in [1.165, 1.54) is 6.92 Å². The number of carboxylic acid groups (broad SMARTS) is 1. The summed E-state index contributed by atoms with van der Waals surface area (Å²) in [4.78, 5) is 24.4. The van der Waals surface area contributed by atoms with E-state index in [4.69, 9.17) is 10.2 Å². The molecule has 0 aromatic heterocycles. The summed E-state index contributed by atoms with van der Waals surface area (Å²) in [5.41, 5.74) is 0. The number of aliphatic hydroxyl groups is 2. The molecule has 1 aliphatic heterocycles. The molecule has 2 amide bonds. The minimum Gasteiger partial charge on any atom is -0.480 e. The predicted octanol–water partition coefficient (Wildman–Crippen LogP) is -0.376. The molecule has 1 aliphatic rings. The Hall–Kier alpha value is -1.34. The Morgan fingerprint density at radius 1 is 1.47 bits per heavy atom. The molecule has 1 rings (SSSR count). The molecule has 0 aromatic rings. The highest BCUT2D eigenvalue weighted by atomic mass is 16.4. The van der Waals surface area contributed by atoms with Gasteiger partial charge in [0.15, 0.2) is 6.04 Å². The van der Waals surface area contributed by atoms with E-state index in [-0.39, 0.29) is 12.5 Å². The van der Waals surface area contributed by atoms with Gasteiger partial charge in [0.2, 0.25) is 0 Å². The minimum atomic E-state index is -1.30. The summed E-state index contributed by atoms with van der Waals surface area (Å²) in [6.45, 7) is 2.49. The second-order valence-electron chi connectivity index (χ2n) is 4.97. The van der Waals surface area contributed by atoms with E-state index in [1.807, 2.05) is 0 Å². The van der Waals surface area contributed by atoms with Crippen LogP contribution in [0.2, 0.25) is 0 Å². The van der Waals surface area contributed by atoms with Gasteiger partial charge in [-0.05, 0) is 32.1 Å². The highest BCUT2D eigenvalue weighted by Crippen LogP contribution is 2.19. The number of hydrogen-bond donors (Lipinski definition) is 4. The first-order chi connectivity index (χ1) is 8.95. The molecule has 7 nitrogen and oxygen atoms in total. The highest BCUT2D eigenvalue weighted by molar-refractivity contribution is 5.83. The highest BCUT2D eigenvalue weighted by Gasteiger charge is 2.29. The van der Waals surface area contributed by atoms with Crippen LogP contribution in [0.15, 0.2) is 0 Å². The molecule has 7 heteroatoms. The number of aliphatic carboxylic acids is 1. The van der Waals surface area contributed by atoms with Gasteiger partial charge >= 0.3 is 12.0 Å². The van der Waals surface area contributed by atoms with E-state index in [9.17, 15) is 14.7 Å². The molecular weight excluding hydrogens is 252 g/mol. The van der Waals surface area contributed by atoms with Crippen molar-refractivity contribution in [2.24, 2.45) is 5.92 Å². The molecule has 1 fully saturated rings. The van der Waals surface area contributed by atoms with Gasteiger partial charge in [-0.15, -0.1) is 0 Å².